The Balaban J connectivity index is 1.84. The Labute approximate surface area is 147 Å². The molecule has 1 aliphatic heterocycles. The van der Waals surface area contributed by atoms with Crippen LogP contribution >= 0.6 is 0 Å². The molecule has 6 heteroatoms. The summed E-state index contributed by atoms with van der Waals surface area (Å²) in [6.07, 6.45) is 1.69. The van der Waals surface area contributed by atoms with Crippen LogP contribution in [0.3, 0.4) is 0 Å². The lowest BCUT2D eigenvalue weighted by Crippen LogP contribution is -2.49. The third kappa shape index (κ3) is 3.64. The van der Waals surface area contributed by atoms with E-state index in [-0.39, 0.29) is 17.8 Å². The van der Waals surface area contributed by atoms with Crippen LogP contribution < -0.4 is 4.90 Å². The van der Waals surface area contributed by atoms with Crippen LogP contribution in [0.2, 0.25) is 0 Å². The highest BCUT2D eigenvalue weighted by Crippen LogP contribution is 2.26. The number of carbonyl (C=O) groups excluding carboxylic acids is 1. The van der Waals surface area contributed by atoms with Gasteiger partial charge in [-0.1, -0.05) is 12.1 Å². The molecule has 5 nitrogen and oxygen atoms in total. The molecule has 0 spiro atoms. The first-order valence-corrected chi connectivity index (χ1v) is 8.34. The summed E-state index contributed by atoms with van der Waals surface area (Å²) in [5, 5.41) is 0. The molecule has 1 unspecified atom stereocenters. The molecular formula is C19H23FN4O. The minimum Gasteiger partial charge on any atom is -0.362 e. The van der Waals surface area contributed by atoms with Gasteiger partial charge in [-0.3, -0.25) is 9.69 Å². The number of halogens is 1. The SMILES string of the molecule is CN(C)c1ncccc1C(=O)N1CCN(C)C(c2ccc(F)cc2)C1. The molecule has 1 amide bonds. The van der Waals surface area contributed by atoms with Gasteiger partial charge in [0.1, 0.15) is 11.6 Å². The predicted octanol–water partition coefficient (Wildman–Crippen LogP) is 2.42. The Bertz CT molecular complexity index is 747. The van der Waals surface area contributed by atoms with Gasteiger partial charge in [0.05, 0.1) is 11.6 Å². The summed E-state index contributed by atoms with van der Waals surface area (Å²) in [7, 11) is 5.79. The zero-order chi connectivity index (χ0) is 18.0. The first-order chi connectivity index (χ1) is 12.0. The molecule has 132 valence electrons. The van der Waals surface area contributed by atoms with Crippen LogP contribution in [-0.4, -0.2) is 61.5 Å². The molecule has 1 saturated heterocycles. The molecule has 2 aromatic rings. The van der Waals surface area contributed by atoms with E-state index in [1.54, 1.807) is 24.4 Å². The maximum Gasteiger partial charge on any atom is 0.257 e. The van der Waals surface area contributed by atoms with Gasteiger partial charge >= 0.3 is 0 Å². The number of amides is 1. The van der Waals surface area contributed by atoms with Crippen LogP contribution in [0.1, 0.15) is 22.0 Å². The van der Waals surface area contributed by atoms with Crippen molar-refractivity contribution in [2.24, 2.45) is 0 Å². The van der Waals surface area contributed by atoms with E-state index >= 15 is 0 Å². The average Bonchev–Trinajstić information content (AvgIpc) is 2.62. The molecule has 0 N–H and O–H groups in total. The lowest BCUT2D eigenvalue weighted by molar-refractivity contribution is 0.0546. The van der Waals surface area contributed by atoms with Crippen molar-refractivity contribution in [1.82, 2.24) is 14.8 Å². The summed E-state index contributed by atoms with van der Waals surface area (Å²) in [5.41, 5.74) is 1.62. The number of piperazine rings is 1. The number of rotatable bonds is 3. The number of nitrogens with zero attached hydrogens (tertiary/aromatic N) is 4. The summed E-state index contributed by atoms with van der Waals surface area (Å²) < 4.78 is 13.2. The van der Waals surface area contributed by atoms with Crippen LogP contribution in [0.4, 0.5) is 10.2 Å². The minimum atomic E-state index is -0.249. The molecule has 1 atom stereocenters. The van der Waals surface area contributed by atoms with Gasteiger partial charge in [0.25, 0.3) is 5.91 Å². The molecule has 3 rings (SSSR count). The molecular weight excluding hydrogens is 319 g/mol. The van der Waals surface area contributed by atoms with Crippen LogP contribution in [0.25, 0.3) is 0 Å². The largest absolute Gasteiger partial charge is 0.362 e. The zero-order valence-electron chi connectivity index (χ0n) is 14.8. The van der Waals surface area contributed by atoms with E-state index < -0.39 is 0 Å². The lowest BCUT2D eigenvalue weighted by Gasteiger charge is -2.40. The minimum absolute atomic E-state index is 0.0167. The monoisotopic (exact) mass is 342 g/mol. The van der Waals surface area contributed by atoms with E-state index in [4.69, 9.17) is 0 Å². The highest BCUT2D eigenvalue weighted by Gasteiger charge is 2.30. The third-order valence-electron chi connectivity index (χ3n) is 4.63. The van der Waals surface area contributed by atoms with E-state index in [0.717, 1.165) is 12.1 Å². The summed E-state index contributed by atoms with van der Waals surface area (Å²) >= 11 is 0. The normalized spacial score (nSPS) is 18.2. The van der Waals surface area contributed by atoms with Crippen LogP contribution in [0, 0.1) is 5.82 Å². The van der Waals surface area contributed by atoms with Crippen molar-refractivity contribution in [1.29, 1.82) is 0 Å². The molecule has 0 saturated carbocycles. The summed E-state index contributed by atoms with van der Waals surface area (Å²) in [5.74, 6) is 0.405. The van der Waals surface area contributed by atoms with Gasteiger partial charge in [-0.25, -0.2) is 9.37 Å². The first kappa shape index (κ1) is 17.4. The van der Waals surface area contributed by atoms with Crippen molar-refractivity contribution in [3.8, 4) is 0 Å². The van der Waals surface area contributed by atoms with Gasteiger partial charge < -0.3 is 9.80 Å². The summed E-state index contributed by atoms with van der Waals surface area (Å²) in [6.45, 7) is 2.00. The predicted molar refractivity (Wildman–Crippen MR) is 96.2 cm³/mol. The Morgan fingerprint density at radius 2 is 1.92 bits per heavy atom. The number of hydrogen-bond acceptors (Lipinski definition) is 4. The van der Waals surface area contributed by atoms with E-state index in [0.29, 0.717) is 24.5 Å². The first-order valence-electron chi connectivity index (χ1n) is 8.34. The number of hydrogen-bond donors (Lipinski definition) is 0. The fourth-order valence-electron chi connectivity index (χ4n) is 3.19. The lowest BCUT2D eigenvalue weighted by atomic mass is 10.0. The van der Waals surface area contributed by atoms with Gasteiger partial charge in [-0.15, -0.1) is 0 Å². The standard InChI is InChI=1S/C19H23FN4O/c1-22(2)18-16(5-4-10-21-18)19(25)24-12-11-23(3)17(13-24)14-6-8-15(20)9-7-14/h4-10,17H,11-13H2,1-3H3. The Morgan fingerprint density at radius 1 is 1.20 bits per heavy atom. The maximum absolute atomic E-state index is 13.2. The second kappa shape index (κ2) is 7.19. The smallest absolute Gasteiger partial charge is 0.257 e. The third-order valence-corrected chi connectivity index (χ3v) is 4.63. The molecule has 0 aliphatic carbocycles. The van der Waals surface area contributed by atoms with Crippen LogP contribution in [0.15, 0.2) is 42.6 Å². The molecule has 0 radical (unpaired) electrons. The zero-order valence-corrected chi connectivity index (χ0v) is 14.8. The second-order valence-corrected chi connectivity index (χ2v) is 6.57. The van der Waals surface area contributed by atoms with Crippen molar-refractivity contribution in [2.45, 2.75) is 6.04 Å². The van der Waals surface area contributed by atoms with Gasteiger partial charge in [0.15, 0.2) is 0 Å². The molecule has 0 bridgehead atoms. The van der Waals surface area contributed by atoms with E-state index in [9.17, 15) is 9.18 Å². The van der Waals surface area contributed by atoms with Gasteiger partial charge in [0.2, 0.25) is 0 Å². The number of pyridine rings is 1. The molecule has 1 aromatic carbocycles. The highest BCUT2D eigenvalue weighted by atomic mass is 19.1. The fourth-order valence-corrected chi connectivity index (χ4v) is 3.19. The van der Waals surface area contributed by atoms with Crippen LogP contribution in [0.5, 0.6) is 0 Å². The van der Waals surface area contributed by atoms with Crippen LogP contribution in [-0.2, 0) is 0 Å². The molecule has 25 heavy (non-hydrogen) atoms. The van der Waals surface area contributed by atoms with Crippen molar-refractivity contribution >= 4 is 11.7 Å². The Hall–Kier alpha value is -2.47. The quantitative estimate of drug-likeness (QED) is 0.859. The van der Waals surface area contributed by atoms with Crippen molar-refractivity contribution in [3.63, 3.8) is 0 Å². The second-order valence-electron chi connectivity index (χ2n) is 6.57. The molecule has 1 fully saturated rings. The topological polar surface area (TPSA) is 39.7 Å². The Kier molecular flexibility index (Phi) is 4.99. The van der Waals surface area contributed by atoms with Gasteiger partial charge in [-0.05, 0) is 36.9 Å². The number of aromatic nitrogens is 1. The van der Waals surface area contributed by atoms with Crippen molar-refractivity contribution in [3.05, 3.63) is 59.5 Å². The average molecular weight is 342 g/mol. The van der Waals surface area contributed by atoms with Crippen molar-refractivity contribution in [2.75, 3.05) is 45.7 Å². The van der Waals surface area contributed by atoms with E-state index in [2.05, 4.69) is 9.88 Å². The van der Waals surface area contributed by atoms with Gasteiger partial charge in [0, 0.05) is 39.9 Å². The molecule has 1 aromatic heterocycles. The number of likely N-dealkylation sites (N-methyl/N-ethyl adjacent to an activating group) is 1. The highest BCUT2D eigenvalue weighted by molar-refractivity contribution is 5.99. The fraction of sp³-hybridized carbons (Fsp3) is 0.368. The summed E-state index contributed by atoms with van der Waals surface area (Å²) in [6, 6.07) is 10.2. The number of benzene rings is 1. The number of anilines is 1. The molecule has 2 heterocycles. The van der Waals surface area contributed by atoms with E-state index in [1.807, 2.05) is 37.0 Å². The Morgan fingerprint density at radius 3 is 2.60 bits per heavy atom. The molecule has 1 aliphatic rings. The van der Waals surface area contributed by atoms with E-state index in [1.165, 1.54) is 12.1 Å². The summed E-state index contributed by atoms with van der Waals surface area (Å²) in [4.78, 5) is 23.3. The van der Waals surface area contributed by atoms with Gasteiger partial charge in [-0.2, -0.15) is 0 Å². The number of carbonyl (C=O) groups is 1. The maximum atomic E-state index is 13.2. The van der Waals surface area contributed by atoms with Crippen molar-refractivity contribution < 1.29 is 9.18 Å².